The van der Waals surface area contributed by atoms with Gasteiger partial charge in [0.05, 0.1) is 12.2 Å². The molecule has 0 N–H and O–H groups in total. The fourth-order valence-electron chi connectivity index (χ4n) is 2.32. The number of methoxy groups -OCH3 is 3. The number of ether oxygens (including phenoxy) is 6. The van der Waals surface area contributed by atoms with E-state index in [0.717, 1.165) is 6.42 Å². The molecule has 2 unspecified atom stereocenters. The normalized spacial score (nSPS) is 14.7. The summed E-state index contributed by atoms with van der Waals surface area (Å²) in [5.41, 5.74) is 0. The molecular weight excluding hydrogens is 288 g/mol. The van der Waals surface area contributed by atoms with E-state index in [-0.39, 0.29) is 24.8 Å². The molecule has 6 nitrogen and oxygen atoms in total. The van der Waals surface area contributed by atoms with Crippen LogP contribution in [0.15, 0.2) is 0 Å². The van der Waals surface area contributed by atoms with Crippen LogP contribution in [-0.2, 0) is 28.4 Å². The van der Waals surface area contributed by atoms with Crippen molar-refractivity contribution in [3.05, 3.63) is 0 Å². The van der Waals surface area contributed by atoms with E-state index in [0.29, 0.717) is 32.7 Å². The third-order valence-corrected chi connectivity index (χ3v) is 3.40. The molecule has 134 valence electrons. The highest BCUT2D eigenvalue weighted by atomic mass is 16.7. The second-order valence-corrected chi connectivity index (χ2v) is 4.88. The molecule has 22 heavy (non-hydrogen) atoms. The second kappa shape index (κ2) is 14.4. The molecule has 0 aromatic rings. The van der Waals surface area contributed by atoms with Crippen molar-refractivity contribution in [1.29, 1.82) is 0 Å². The van der Waals surface area contributed by atoms with E-state index < -0.39 is 0 Å². The van der Waals surface area contributed by atoms with Crippen LogP contribution in [0.25, 0.3) is 0 Å². The third-order valence-electron chi connectivity index (χ3n) is 3.40. The highest BCUT2D eigenvalue weighted by Crippen LogP contribution is 2.18. The van der Waals surface area contributed by atoms with E-state index in [2.05, 4.69) is 0 Å². The maximum atomic E-state index is 5.82. The Morgan fingerprint density at radius 1 is 0.545 bits per heavy atom. The topological polar surface area (TPSA) is 55.4 Å². The monoisotopic (exact) mass is 322 g/mol. The first-order valence-corrected chi connectivity index (χ1v) is 8.08. The molecule has 0 aromatic heterocycles. The number of rotatable bonds is 15. The van der Waals surface area contributed by atoms with Crippen LogP contribution in [-0.4, -0.2) is 65.9 Å². The van der Waals surface area contributed by atoms with Crippen molar-refractivity contribution in [3.8, 4) is 0 Å². The SMILES string of the molecule is CCOC(CC(CC(OC)OC)OC)CC(OCC)OCC. The van der Waals surface area contributed by atoms with Crippen LogP contribution in [0.5, 0.6) is 0 Å². The van der Waals surface area contributed by atoms with Crippen LogP contribution >= 0.6 is 0 Å². The first kappa shape index (κ1) is 21.8. The van der Waals surface area contributed by atoms with Crippen molar-refractivity contribution in [2.45, 2.75) is 64.8 Å². The Hall–Kier alpha value is -0.240. The smallest absolute Gasteiger partial charge is 0.160 e. The molecule has 0 radical (unpaired) electrons. The van der Waals surface area contributed by atoms with Crippen molar-refractivity contribution < 1.29 is 28.4 Å². The summed E-state index contributed by atoms with van der Waals surface area (Å²) in [7, 11) is 4.95. The van der Waals surface area contributed by atoms with Crippen molar-refractivity contribution in [2.75, 3.05) is 41.2 Å². The number of hydrogen-bond acceptors (Lipinski definition) is 6. The summed E-state index contributed by atoms with van der Waals surface area (Å²) in [4.78, 5) is 0. The molecular formula is C16H34O6. The summed E-state index contributed by atoms with van der Waals surface area (Å²) in [5, 5.41) is 0. The minimum atomic E-state index is -0.276. The first-order chi connectivity index (χ1) is 10.6. The van der Waals surface area contributed by atoms with Gasteiger partial charge < -0.3 is 28.4 Å². The molecule has 0 saturated carbocycles. The van der Waals surface area contributed by atoms with Crippen molar-refractivity contribution in [2.24, 2.45) is 0 Å². The van der Waals surface area contributed by atoms with Gasteiger partial charge in [-0.1, -0.05) is 0 Å². The van der Waals surface area contributed by atoms with E-state index in [1.165, 1.54) is 0 Å². The zero-order chi connectivity index (χ0) is 16.8. The van der Waals surface area contributed by atoms with Crippen LogP contribution in [0.3, 0.4) is 0 Å². The van der Waals surface area contributed by atoms with Gasteiger partial charge in [0.15, 0.2) is 12.6 Å². The lowest BCUT2D eigenvalue weighted by Crippen LogP contribution is -2.32. The van der Waals surface area contributed by atoms with Crippen LogP contribution < -0.4 is 0 Å². The molecule has 0 aromatic carbocycles. The zero-order valence-electron chi connectivity index (χ0n) is 15.0. The second-order valence-electron chi connectivity index (χ2n) is 4.88. The van der Waals surface area contributed by atoms with Gasteiger partial charge in [0, 0.05) is 60.4 Å². The minimum absolute atomic E-state index is 0.00686. The van der Waals surface area contributed by atoms with Gasteiger partial charge in [-0.05, 0) is 20.8 Å². The Balaban J connectivity index is 4.55. The van der Waals surface area contributed by atoms with Gasteiger partial charge >= 0.3 is 0 Å². The Bertz CT molecular complexity index is 229. The Labute approximate surface area is 135 Å². The summed E-state index contributed by atoms with van der Waals surface area (Å²) >= 11 is 0. The van der Waals surface area contributed by atoms with Crippen molar-refractivity contribution in [1.82, 2.24) is 0 Å². The van der Waals surface area contributed by atoms with Gasteiger partial charge in [0.2, 0.25) is 0 Å². The Morgan fingerprint density at radius 3 is 1.45 bits per heavy atom. The predicted octanol–water partition coefficient (Wildman–Crippen LogP) is 2.59. The molecule has 0 amide bonds. The van der Waals surface area contributed by atoms with E-state index in [4.69, 9.17) is 28.4 Å². The first-order valence-electron chi connectivity index (χ1n) is 8.08. The molecule has 0 aliphatic rings. The third kappa shape index (κ3) is 9.71. The molecule has 0 rings (SSSR count). The van der Waals surface area contributed by atoms with Crippen LogP contribution in [0.4, 0.5) is 0 Å². The largest absolute Gasteiger partial charge is 0.381 e. The van der Waals surface area contributed by atoms with Gasteiger partial charge in [-0.3, -0.25) is 0 Å². The molecule has 0 spiro atoms. The lowest BCUT2D eigenvalue weighted by molar-refractivity contribution is -0.164. The molecule has 0 heterocycles. The lowest BCUT2D eigenvalue weighted by atomic mass is 10.1. The summed E-state index contributed by atoms with van der Waals surface area (Å²) in [6.07, 6.45) is 1.55. The Morgan fingerprint density at radius 2 is 1.05 bits per heavy atom. The van der Waals surface area contributed by atoms with Gasteiger partial charge in [-0.25, -0.2) is 0 Å². The van der Waals surface area contributed by atoms with E-state index in [1.54, 1.807) is 21.3 Å². The Kier molecular flexibility index (Phi) is 14.2. The van der Waals surface area contributed by atoms with Gasteiger partial charge in [-0.2, -0.15) is 0 Å². The highest BCUT2D eigenvalue weighted by molar-refractivity contribution is 4.70. The summed E-state index contributed by atoms with van der Waals surface area (Å²) in [6.45, 7) is 7.78. The quantitative estimate of drug-likeness (QED) is 0.432. The van der Waals surface area contributed by atoms with Gasteiger partial charge in [0.1, 0.15) is 0 Å². The molecule has 6 heteroatoms. The molecule has 0 bridgehead atoms. The molecule has 0 fully saturated rings. The van der Waals surface area contributed by atoms with Crippen molar-refractivity contribution >= 4 is 0 Å². The zero-order valence-corrected chi connectivity index (χ0v) is 15.0. The van der Waals surface area contributed by atoms with Crippen LogP contribution in [0.2, 0.25) is 0 Å². The summed E-state index contributed by atoms with van der Waals surface area (Å²) in [6, 6.07) is 0. The summed E-state index contributed by atoms with van der Waals surface area (Å²) < 4.78 is 33.1. The minimum Gasteiger partial charge on any atom is -0.381 e. The van der Waals surface area contributed by atoms with Crippen molar-refractivity contribution in [3.63, 3.8) is 0 Å². The number of hydrogen-bond donors (Lipinski definition) is 0. The average Bonchev–Trinajstić information content (AvgIpc) is 2.52. The van der Waals surface area contributed by atoms with E-state index in [9.17, 15) is 0 Å². The average molecular weight is 322 g/mol. The van der Waals surface area contributed by atoms with Gasteiger partial charge in [-0.15, -0.1) is 0 Å². The van der Waals surface area contributed by atoms with E-state index in [1.807, 2.05) is 20.8 Å². The standard InChI is InChI=1S/C16H34O6/c1-7-20-14(12-16(21-8-2)22-9-3)10-13(17-4)11-15(18-5)19-6/h13-16H,7-12H2,1-6H3. The van der Waals surface area contributed by atoms with Gasteiger partial charge in [0.25, 0.3) is 0 Å². The molecule has 2 atom stereocenters. The van der Waals surface area contributed by atoms with Crippen LogP contribution in [0, 0.1) is 0 Å². The fraction of sp³-hybridized carbons (Fsp3) is 1.00. The molecule has 0 aliphatic carbocycles. The molecule has 0 aliphatic heterocycles. The van der Waals surface area contributed by atoms with Crippen LogP contribution in [0.1, 0.15) is 40.0 Å². The highest BCUT2D eigenvalue weighted by Gasteiger charge is 2.24. The lowest BCUT2D eigenvalue weighted by Gasteiger charge is -2.27. The molecule has 0 saturated heterocycles. The summed E-state index contributed by atoms with van der Waals surface area (Å²) in [5.74, 6) is 0. The fourth-order valence-corrected chi connectivity index (χ4v) is 2.32. The maximum absolute atomic E-state index is 5.82. The van der Waals surface area contributed by atoms with E-state index >= 15 is 0 Å². The predicted molar refractivity (Wildman–Crippen MR) is 84.9 cm³/mol. The maximum Gasteiger partial charge on any atom is 0.160 e.